The van der Waals surface area contributed by atoms with Crippen LogP contribution in [0.15, 0.2) is 77.9 Å². The number of hydrogen-bond donors (Lipinski definition) is 2. The maximum Gasteiger partial charge on any atom is 0.293 e. The fourth-order valence-electron chi connectivity index (χ4n) is 4.58. The number of nitrogens with one attached hydrogen (secondary N) is 1. The van der Waals surface area contributed by atoms with Gasteiger partial charge in [0.05, 0.1) is 6.04 Å². The molecule has 0 amide bonds. The zero-order valence-corrected chi connectivity index (χ0v) is 18.2. The van der Waals surface area contributed by atoms with Crippen LogP contribution in [0.5, 0.6) is 0 Å². The highest BCUT2D eigenvalue weighted by atomic mass is 16.5. The minimum absolute atomic E-state index is 0.0459. The lowest BCUT2D eigenvalue weighted by molar-refractivity contribution is -0.129. The maximum absolute atomic E-state index is 11.0. The van der Waals surface area contributed by atoms with Crippen LogP contribution in [-0.2, 0) is 36.6 Å². The van der Waals surface area contributed by atoms with Gasteiger partial charge in [0, 0.05) is 23.4 Å². The zero-order chi connectivity index (χ0) is 23.1. The second-order valence-corrected chi connectivity index (χ2v) is 8.07. The van der Waals surface area contributed by atoms with Crippen molar-refractivity contribution < 1.29 is 28.9 Å². The molecule has 2 N–H and O–H groups in total. The zero-order valence-electron chi connectivity index (χ0n) is 18.2. The summed E-state index contributed by atoms with van der Waals surface area (Å²) in [6.45, 7) is 1.04. The van der Waals surface area contributed by atoms with Gasteiger partial charge in [-0.05, 0) is 42.2 Å². The number of anilines is 1. The minimum Gasteiger partial charge on any atom is -0.463 e. The smallest absolute Gasteiger partial charge is 0.293 e. The summed E-state index contributed by atoms with van der Waals surface area (Å²) in [5.41, 5.74) is 3.81. The van der Waals surface area contributed by atoms with E-state index in [1.165, 1.54) is 0 Å². The minimum atomic E-state index is -0.866. The third-order valence-electron chi connectivity index (χ3n) is 6.14. The molecule has 2 aromatic rings. The first-order valence-electron chi connectivity index (χ1n) is 10.9. The van der Waals surface area contributed by atoms with E-state index in [0.29, 0.717) is 25.8 Å². The first-order chi connectivity index (χ1) is 16.2. The molecular weight excluding hydrogens is 422 g/mol. The van der Waals surface area contributed by atoms with Crippen LogP contribution in [-0.4, -0.2) is 55.6 Å². The lowest BCUT2D eigenvalue weighted by Gasteiger charge is -2.37. The van der Waals surface area contributed by atoms with Gasteiger partial charge in [0.2, 0.25) is 0 Å². The number of carbonyl (C=O) groups excluding carboxylic acids is 2. The highest BCUT2D eigenvalue weighted by Crippen LogP contribution is 2.46. The highest BCUT2D eigenvalue weighted by Gasteiger charge is 2.53. The van der Waals surface area contributed by atoms with Crippen LogP contribution in [0, 0.1) is 0 Å². The van der Waals surface area contributed by atoms with Gasteiger partial charge in [0.15, 0.2) is 0 Å². The Kier molecular flexibility index (Phi) is 7.22. The standard InChI is InChI=1S/C26H27NO6/c28-13-11-19-6-8-20(9-7-19)14-25(27-21-4-2-1-3-5-21)26-12-10-24(33-26)22(15-31-17-29)23(26)16-32-18-30/h1-10,12,17-18,24-25,27-28H,11,13-16H2. The molecule has 0 fully saturated rings. The average molecular weight is 450 g/mol. The van der Waals surface area contributed by atoms with Crippen molar-refractivity contribution in [3.8, 4) is 0 Å². The van der Waals surface area contributed by atoms with E-state index in [-0.39, 0.29) is 32.0 Å². The Morgan fingerprint density at radius 1 is 1.00 bits per heavy atom. The first-order valence-corrected chi connectivity index (χ1v) is 10.9. The van der Waals surface area contributed by atoms with Crippen LogP contribution in [0.3, 0.4) is 0 Å². The van der Waals surface area contributed by atoms with Gasteiger partial charge in [-0.1, -0.05) is 48.5 Å². The molecule has 3 atom stereocenters. The Morgan fingerprint density at radius 2 is 1.70 bits per heavy atom. The molecule has 2 aliphatic heterocycles. The molecule has 0 spiro atoms. The Labute approximate surface area is 192 Å². The second-order valence-electron chi connectivity index (χ2n) is 8.07. The number of aliphatic hydroxyl groups is 1. The third-order valence-corrected chi connectivity index (χ3v) is 6.14. The van der Waals surface area contributed by atoms with Crippen molar-refractivity contribution in [1.82, 2.24) is 0 Å². The molecule has 2 heterocycles. The molecule has 7 heteroatoms. The summed E-state index contributed by atoms with van der Waals surface area (Å²) in [6.07, 6.45) is 4.85. The van der Waals surface area contributed by atoms with Gasteiger partial charge in [-0.3, -0.25) is 9.59 Å². The molecule has 2 aliphatic rings. The number of carbonyl (C=O) groups is 2. The van der Waals surface area contributed by atoms with Gasteiger partial charge in [-0.25, -0.2) is 0 Å². The number of ether oxygens (including phenoxy) is 3. The van der Waals surface area contributed by atoms with E-state index < -0.39 is 5.60 Å². The first kappa shape index (κ1) is 22.8. The Morgan fingerprint density at radius 3 is 2.39 bits per heavy atom. The lowest BCUT2D eigenvalue weighted by Crippen LogP contribution is -2.48. The van der Waals surface area contributed by atoms with E-state index in [0.717, 1.165) is 28.0 Å². The largest absolute Gasteiger partial charge is 0.463 e. The number of hydrogen-bond acceptors (Lipinski definition) is 7. The molecule has 0 aliphatic carbocycles. The Balaban J connectivity index is 1.69. The molecule has 2 bridgehead atoms. The van der Waals surface area contributed by atoms with Crippen LogP contribution in [0.25, 0.3) is 0 Å². The predicted octanol–water partition coefficient (Wildman–Crippen LogP) is 2.59. The van der Waals surface area contributed by atoms with Gasteiger partial charge in [0.25, 0.3) is 12.9 Å². The topological polar surface area (TPSA) is 94.1 Å². The SMILES string of the molecule is O=COCC1=C(COC=O)C2(C(Cc3ccc(CCO)cc3)Nc3ccccc3)C=CC1O2. The predicted molar refractivity (Wildman–Crippen MR) is 123 cm³/mol. The summed E-state index contributed by atoms with van der Waals surface area (Å²) < 4.78 is 16.7. The molecular formula is C26H27NO6. The van der Waals surface area contributed by atoms with Crippen LogP contribution >= 0.6 is 0 Å². The van der Waals surface area contributed by atoms with Crippen molar-refractivity contribution in [3.63, 3.8) is 0 Å². The number of benzene rings is 2. The van der Waals surface area contributed by atoms with Crippen molar-refractivity contribution in [2.75, 3.05) is 25.1 Å². The summed E-state index contributed by atoms with van der Waals surface area (Å²) >= 11 is 0. The van der Waals surface area contributed by atoms with Gasteiger partial charge in [-0.2, -0.15) is 0 Å². The van der Waals surface area contributed by atoms with Gasteiger partial charge in [-0.15, -0.1) is 0 Å². The highest BCUT2D eigenvalue weighted by molar-refractivity contribution is 5.54. The van der Waals surface area contributed by atoms with Gasteiger partial charge < -0.3 is 24.6 Å². The average Bonchev–Trinajstić information content (AvgIpc) is 3.41. The lowest BCUT2D eigenvalue weighted by atomic mass is 9.79. The van der Waals surface area contributed by atoms with E-state index in [2.05, 4.69) is 5.32 Å². The fourth-order valence-corrected chi connectivity index (χ4v) is 4.58. The van der Waals surface area contributed by atoms with Crippen LogP contribution in [0.4, 0.5) is 5.69 Å². The van der Waals surface area contributed by atoms with E-state index >= 15 is 0 Å². The Hall–Kier alpha value is -3.42. The monoisotopic (exact) mass is 449 g/mol. The molecule has 172 valence electrons. The van der Waals surface area contributed by atoms with E-state index in [1.807, 2.05) is 66.7 Å². The Bertz CT molecular complexity index is 1020. The van der Waals surface area contributed by atoms with Crippen LogP contribution in [0.1, 0.15) is 11.1 Å². The molecule has 33 heavy (non-hydrogen) atoms. The number of para-hydroxylation sites is 1. The fraction of sp³-hybridized carbons (Fsp3) is 0.308. The molecule has 0 saturated heterocycles. The van der Waals surface area contributed by atoms with Crippen molar-refractivity contribution in [2.24, 2.45) is 0 Å². The summed E-state index contributed by atoms with van der Waals surface area (Å²) in [5, 5.41) is 12.8. The number of aliphatic hydroxyl groups excluding tert-OH is 1. The van der Waals surface area contributed by atoms with Gasteiger partial charge >= 0.3 is 0 Å². The summed E-state index contributed by atoms with van der Waals surface area (Å²) in [6, 6.07) is 17.7. The molecule has 0 radical (unpaired) electrons. The molecule has 0 aromatic heterocycles. The maximum atomic E-state index is 11.0. The molecule has 4 rings (SSSR count). The van der Waals surface area contributed by atoms with Crippen molar-refractivity contribution in [2.45, 2.75) is 30.6 Å². The molecule has 2 aromatic carbocycles. The normalized spacial score (nSPS) is 21.7. The van der Waals surface area contributed by atoms with Crippen molar-refractivity contribution >= 4 is 18.6 Å². The summed E-state index contributed by atoms with van der Waals surface area (Å²) in [7, 11) is 0. The van der Waals surface area contributed by atoms with Gasteiger partial charge in [0.1, 0.15) is 24.9 Å². The molecule has 7 nitrogen and oxygen atoms in total. The van der Waals surface area contributed by atoms with E-state index in [9.17, 15) is 14.7 Å². The molecule has 0 saturated carbocycles. The van der Waals surface area contributed by atoms with Crippen molar-refractivity contribution in [1.29, 1.82) is 0 Å². The summed E-state index contributed by atoms with van der Waals surface area (Å²) in [5.74, 6) is 0. The van der Waals surface area contributed by atoms with E-state index in [4.69, 9.17) is 14.2 Å². The van der Waals surface area contributed by atoms with E-state index in [1.54, 1.807) is 0 Å². The third kappa shape index (κ3) is 4.84. The van der Waals surface area contributed by atoms with Crippen molar-refractivity contribution in [3.05, 3.63) is 89.0 Å². The molecule has 3 unspecified atom stereocenters. The quantitative estimate of drug-likeness (QED) is 0.359. The van der Waals surface area contributed by atoms with Crippen LogP contribution in [0.2, 0.25) is 0 Å². The number of rotatable bonds is 13. The van der Waals surface area contributed by atoms with Crippen LogP contribution < -0.4 is 5.32 Å². The second kappa shape index (κ2) is 10.5. The summed E-state index contributed by atoms with van der Waals surface area (Å²) in [4.78, 5) is 21.8. The number of fused-ring (bicyclic) bond motifs is 2.